The van der Waals surface area contributed by atoms with E-state index in [1.54, 1.807) is 14.2 Å². The van der Waals surface area contributed by atoms with Gasteiger partial charge in [0, 0.05) is 6.54 Å². The number of rotatable bonds is 13. The quantitative estimate of drug-likeness (QED) is 0.347. The Balaban J connectivity index is 1.87. The first-order chi connectivity index (χ1) is 18.5. The van der Waals surface area contributed by atoms with Crippen LogP contribution < -0.4 is 23.7 Å². The van der Waals surface area contributed by atoms with Crippen LogP contribution in [0.3, 0.4) is 0 Å². The first kappa shape index (κ1) is 30.8. The molecular formula is C27H39NO9S2. The van der Waals surface area contributed by atoms with E-state index in [1.165, 1.54) is 33.5 Å². The Labute approximate surface area is 232 Å². The van der Waals surface area contributed by atoms with Gasteiger partial charge in [-0.3, -0.25) is 0 Å². The van der Waals surface area contributed by atoms with E-state index in [2.05, 4.69) is 4.90 Å². The van der Waals surface area contributed by atoms with E-state index in [0.29, 0.717) is 31.0 Å². The van der Waals surface area contributed by atoms with Crippen LogP contribution in [0, 0.1) is 0 Å². The highest BCUT2D eigenvalue weighted by molar-refractivity contribution is 8.10. The average molecular weight is 586 g/mol. The van der Waals surface area contributed by atoms with Crippen molar-refractivity contribution in [2.75, 3.05) is 67.2 Å². The smallest absolute Gasteiger partial charge is 0.203 e. The lowest BCUT2D eigenvalue weighted by molar-refractivity contribution is 0.320. The van der Waals surface area contributed by atoms with Crippen molar-refractivity contribution >= 4 is 19.7 Å². The summed E-state index contributed by atoms with van der Waals surface area (Å²) in [5.41, 5.74) is 1.18. The number of nitrogens with zero attached hydrogens (tertiary/aromatic N) is 1. The Kier molecular flexibility index (Phi) is 10.0. The van der Waals surface area contributed by atoms with E-state index < -0.39 is 23.8 Å². The fourth-order valence-electron chi connectivity index (χ4n) is 5.13. The van der Waals surface area contributed by atoms with Gasteiger partial charge in [0.05, 0.1) is 47.1 Å². The van der Waals surface area contributed by atoms with Gasteiger partial charge in [-0.2, -0.15) is 0 Å². The van der Waals surface area contributed by atoms with Crippen LogP contribution in [-0.2, 0) is 30.2 Å². The summed E-state index contributed by atoms with van der Waals surface area (Å²) in [6, 6.07) is 8.64. The Morgan fingerprint density at radius 3 is 1.82 bits per heavy atom. The van der Waals surface area contributed by atoms with Crippen LogP contribution >= 0.6 is 0 Å². The van der Waals surface area contributed by atoms with Gasteiger partial charge in [0.1, 0.15) is 0 Å². The number of methoxy groups -OCH3 is 5. The maximum Gasteiger partial charge on any atom is 0.203 e. The number of benzene rings is 2. The van der Waals surface area contributed by atoms with Gasteiger partial charge in [0.2, 0.25) is 5.75 Å². The predicted molar refractivity (Wildman–Crippen MR) is 150 cm³/mol. The second-order valence-electron chi connectivity index (χ2n) is 9.50. The van der Waals surface area contributed by atoms with Gasteiger partial charge in [-0.05, 0) is 74.7 Å². The third-order valence-corrected chi connectivity index (χ3v) is 13.3. The van der Waals surface area contributed by atoms with Gasteiger partial charge in [-0.15, -0.1) is 0 Å². The Bertz CT molecular complexity index is 1300. The molecule has 1 aliphatic rings. The maximum atomic E-state index is 13.6. The van der Waals surface area contributed by atoms with Gasteiger partial charge in [0.15, 0.2) is 46.8 Å². The Morgan fingerprint density at radius 2 is 1.31 bits per heavy atom. The predicted octanol–water partition coefficient (Wildman–Crippen LogP) is 3.07. The molecular weight excluding hydrogens is 546 g/mol. The molecule has 39 heavy (non-hydrogen) atoms. The lowest BCUT2D eigenvalue weighted by atomic mass is 10.0. The molecule has 1 aliphatic heterocycles. The van der Waals surface area contributed by atoms with Crippen molar-refractivity contribution in [2.24, 2.45) is 0 Å². The summed E-state index contributed by atoms with van der Waals surface area (Å²) in [4.78, 5) is 2.06. The van der Waals surface area contributed by atoms with Gasteiger partial charge in [-0.1, -0.05) is 6.07 Å². The second kappa shape index (κ2) is 12.6. The third kappa shape index (κ3) is 6.07. The molecule has 0 spiro atoms. The normalized spacial score (nSPS) is 17.4. The number of ether oxygens (including phenoxy) is 5. The molecule has 0 amide bonds. The molecule has 12 heteroatoms. The largest absolute Gasteiger partial charge is 0.493 e. The average Bonchev–Trinajstić information content (AvgIpc) is 2.91. The van der Waals surface area contributed by atoms with E-state index >= 15 is 0 Å². The summed E-state index contributed by atoms with van der Waals surface area (Å²) < 4.78 is 79.4. The van der Waals surface area contributed by atoms with Crippen molar-refractivity contribution in [3.05, 3.63) is 41.5 Å². The number of sulfone groups is 2. The number of hydrogen-bond acceptors (Lipinski definition) is 10. The van der Waals surface area contributed by atoms with E-state index in [-0.39, 0.29) is 47.2 Å². The molecule has 0 aromatic heterocycles. The molecule has 0 unspecified atom stereocenters. The monoisotopic (exact) mass is 585 g/mol. The van der Waals surface area contributed by atoms with E-state index in [9.17, 15) is 16.8 Å². The molecule has 0 N–H and O–H groups in total. The standard InChI is InChI=1S/C27H39NO9S2/c1-28(14-11-20-9-10-22(33-2)23(17-20)34-3)13-7-12-27(38(29,30)15-8-16-39(27,31)32)21-18-24(35-4)26(37-6)25(19-21)36-5/h9-10,17-19H,7-8,11-16H2,1-6H3. The van der Waals surface area contributed by atoms with E-state index in [0.717, 1.165) is 12.0 Å². The summed E-state index contributed by atoms with van der Waals surface area (Å²) >= 11 is 0. The maximum absolute atomic E-state index is 13.6. The van der Waals surface area contributed by atoms with Crippen molar-refractivity contribution in [3.8, 4) is 28.7 Å². The van der Waals surface area contributed by atoms with Crippen LogP contribution in [0.25, 0.3) is 0 Å². The molecule has 1 saturated heterocycles. The SMILES string of the molecule is COc1ccc(CCN(C)CCCC2(c3cc(OC)c(OC)c(OC)c3)S(=O)(=O)CCCS2(=O)=O)cc1OC. The first-order valence-corrected chi connectivity index (χ1v) is 15.9. The summed E-state index contributed by atoms with van der Waals surface area (Å²) in [7, 11) is 1.22. The van der Waals surface area contributed by atoms with Crippen LogP contribution in [0.1, 0.15) is 30.4 Å². The fraction of sp³-hybridized carbons (Fsp3) is 0.556. The molecule has 218 valence electrons. The zero-order valence-corrected chi connectivity index (χ0v) is 25.1. The zero-order chi connectivity index (χ0) is 28.8. The van der Waals surface area contributed by atoms with Crippen molar-refractivity contribution in [1.29, 1.82) is 0 Å². The highest BCUT2D eigenvalue weighted by Gasteiger charge is 2.57. The molecule has 0 saturated carbocycles. The highest BCUT2D eigenvalue weighted by Crippen LogP contribution is 2.49. The summed E-state index contributed by atoms with van der Waals surface area (Å²) in [6.07, 6.45) is 1.06. The molecule has 2 aromatic carbocycles. The zero-order valence-electron chi connectivity index (χ0n) is 23.5. The van der Waals surface area contributed by atoms with Crippen molar-refractivity contribution in [2.45, 2.75) is 29.8 Å². The minimum atomic E-state index is -4.07. The van der Waals surface area contributed by atoms with Crippen LogP contribution in [-0.4, -0.2) is 88.9 Å². The lowest BCUT2D eigenvalue weighted by Crippen LogP contribution is -2.50. The summed E-state index contributed by atoms with van der Waals surface area (Å²) in [6.45, 7) is 1.19. The van der Waals surface area contributed by atoms with E-state index in [4.69, 9.17) is 23.7 Å². The van der Waals surface area contributed by atoms with Crippen molar-refractivity contribution in [1.82, 2.24) is 4.90 Å². The second-order valence-corrected chi connectivity index (χ2v) is 14.4. The lowest BCUT2D eigenvalue weighted by Gasteiger charge is -2.37. The molecule has 0 radical (unpaired) electrons. The summed E-state index contributed by atoms with van der Waals surface area (Å²) in [5, 5.41) is 0. The molecule has 10 nitrogen and oxygen atoms in total. The van der Waals surface area contributed by atoms with Gasteiger partial charge in [-0.25, -0.2) is 16.8 Å². The molecule has 1 fully saturated rings. The number of hydrogen-bond donors (Lipinski definition) is 0. The fourth-order valence-corrected chi connectivity index (χ4v) is 10.9. The van der Waals surface area contributed by atoms with Crippen molar-refractivity contribution in [3.63, 3.8) is 0 Å². The molecule has 1 heterocycles. The Morgan fingerprint density at radius 1 is 0.744 bits per heavy atom. The Hall–Kier alpha value is -2.70. The van der Waals surface area contributed by atoms with Crippen LogP contribution in [0.2, 0.25) is 0 Å². The molecule has 0 bridgehead atoms. The van der Waals surface area contributed by atoms with Gasteiger partial charge < -0.3 is 28.6 Å². The van der Waals surface area contributed by atoms with E-state index in [1.807, 2.05) is 25.2 Å². The third-order valence-electron chi connectivity index (χ3n) is 7.21. The highest BCUT2D eigenvalue weighted by atomic mass is 32.3. The first-order valence-electron chi connectivity index (χ1n) is 12.6. The number of likely N-dealkylation sites (N-methyl/N-ethyl adjacent to an activating group) is 1. The minimum absolute atomic E-state index is 0.0715. The molecule has 0 aliphatic carbocycles. The molecule has 0 atom stereocenters. The van der Waals surface area contributed by atoms with Crippen LogP contribution in [0.4, 0.5) is 0 Å². The van der Waals surface area contributed by atoms with Crippen LogP contribution in [0.5, 0.6) is 28.7 Å². The van der Waals surface area contributed by atoms with Crippen LogP contribution in [0.15, 0.2) is 30.3 Å². The minimum Gasteiger partial charge on any atom is -0.493 e. The van der Waals surface area contributed by atoms with Gasteiger partial charge in [0.25, 0.3) is 0 Å². The molecule has 3 rings (SSSR count). The van der Waals surface area contributed by atoms with Crippen molar-refractivity contribution < 1.29 is 40.5 Å². The summed E-state index contributed by atoms with van der Waals surface area (Å²) in [5.74, 6) is 1.55. The molecule has 2 aromatic rings. The van der Waals surface area contributed by atoms with Gasteiger partial charge >= 0.3 is 0 Å². The topological polar surface area (TPSA) is 118 Å².